The predicted octanol–water partition coefficient (Wildman–Crippen LogP) is 3.10. The van der Waals surface area contributed by atoms with Gasteiger partial charge in [-0.3, -0.25) is 4.79 Å². The molecule has 1 aliphatic rings. The molecule has 3 amide bonds. The second kappa shape index (κ2) is 8.58. The molecule has 2 aromatic carbocycles. The first kappa shape index (κ1) is 18.1. The fraction of sp³-hybridized carbons (Fsp3) is 0.263. The lowest BCUT2D eigenvalue weighted by Gasteiger charge is -2.34. The molecule has 26 heavy (non-hydrogen) atoms. The number of nitrogens with one attached hydrogen (secondary N) is 1. The van der Waals surface area contributed by atoms with Crippen LogP contribution in [0.15, 0.2) is 54.6 Å². The van der Waals surface area contributed by atoms with Crippen molar-refractivity contribution in [1.82, 2.24) is 9.80 Å². The number of ether oxygens (including phenoxy) is 1. The van der Waals surface area contributed by atoms with Gasteiger partial charge in [0.25, 0.3) is 5.91 Å². The Labute approximate surface area is 157 Å². The van der Waals surface area contributed by atoms with Gasteiger partial charge in [0.2, 0.25) is 0 Å². The molecule has 0 unspecified atom stereocenters. The predicted molar refractivity (Wildman–Crippen MR) is 101 cm³/mol. The standard InChI is InChI=1S/C19H20ClN3O3/c20-15-5-4-6-16(13-15)21-19(25)23-11-9-22(10-12-23)18(24)14-26-17-7-2-1-3-8-17/h1-8,13H,9-12,14H2,(H,21,25). The largest absolute Gasteiger partial charge is 0.484 e. The summed E-state index contributed by atoms with van der Waals surface area (Å²) in [6, 6.07) is 16.0. The average molecular weight is 374 g/mol. The van der Waals surface area contributed by atoms with E-state index in [1.165, 1.54) is 0 Å². The van der Waals surface area contributed by atoms with Gasteiger partial charge in [0, 0.05) is 36.9 Å². The number of rotatable bonds is 4. The highest BCUT2D eigenvalue weighted by molar-refractivity contribution is 6.30. The molecule has 0 bridgehead atoms. The quantitative estimate of drug-likeness (QED) is 0.895. The summed E-state index contributed by atoms with van der Waals surface area (Å²) in [5.41, 5.74) is 0.650. The van der Waals surface area contributed by atoms with E-state index in [1.54, 1.807) is 34.1 Å². The van der Waals surface area contributed by atoms with E-state index in [0.29, 0.717) is 42.6 Å². The molecule has 1 heterocycles. The first-order valence-corrected chi connectivity index (χ1v) is 8.77. The minimum Gasteiger partial charge on any atom is -0.484 e. The molecular weight excluding hydrogens is 354 g/mol. The van der Waals surface area contributed by atoms with Gasteiger partial charge >= 0.3 is 6.03 Å². The monoisotopic (exact) mass is 373 g/mol. The summed E-state index contributed by atoms with van der Waals surface area (Å²) in [5, 5.41) is 3.38. The van der Waals surface area contributed by atoms with Gasteiger partial charge < -0.3 is 19.9 Å². The molecule has 1 saturated heterocycles. The van der Waals surface area contributed by atoms with Crippen molar-refractivity contribution < 1.29 is 14.3 Å². The van der Waals surface area contributed by atoms with E-state index >= 15 is 0 Å². The van der Waals surface area contributed by atoms with Crippen LogP contribution in [0.2, 0.25) is 5.02 Å². The van der Waals surface area contributed by atoms with Crippen molar-refractivity contribution in [3.63, 3.8) is 0 Å². The van der Waals surface area contributed by atoms with E-state index in [4.69, 9.17) is 16.3 Å². The van der Waals surface area contributed by atoms with Crippen molar-refractivity contribution in [1.29, 1.82) is 0 Å². The van der Waals surface area contributed by atoms with Crippen LogP contribution in [0.25, 0.3) is 0 Å². The molecule has 1 aliphatic heterocycles. The minimum absolute atomic E-state index is 0.00127. The summed E-state index contributed by atoms with van der Waals surface area (Å²) in [6.45, 7) is 1.92. The summed E-state index contributed by atoms with van der Waals surface area (Å²) >= 11 is 5.92. The van der Waals surface area contributed by atoms with Crippen LogP contribution < -0.4 is 10.1 Å². The molecule has 6 nitrogen and oxygen atoms in total. The number of nitrogens with zero attached hydrogens (tertiary/aromatic N) is 2. The van der Waals surface area contributed by atoms with Crippen molar-refractivity contribution in [2.75, 3.05) is 38.1 Å². The van der Waals surface area contributed by atoms with Crippen LogP contribution >= 0.6 is 11.6 Å². The number of urea groups is 1. The molecule has 1 fully saturated rings. The maximum absolute atomic E-state index is 12.3. The second-order valence-electron chi connectivity index (χ2n) is 5.91. The van der Waals surface area contributed by atoms with Gasteiger partial charge in [-0.2, -0.15) is 0 Å². The Bertz CT molecular complexity index is 762. The van der Waals surface area contributed by atoms with Gasteiger partial charge in [0.15, 0.2) is 6.61 Å². The fourth-order valence-electron chi connectivity index (χ4n) is 2.68. The summed E-state index contributed by atoms with van der Waals surface area (Å²) < 4.78 is 5.49. The Kier molecular flexibility index (Phi) is 5.96. The first-order valence-electron chi connectivity index (χ1n) is 8.39. The van der Waals surface area contributed by atoms with Gasteiger partial charge in [-0.25, -0.2) is 4.79 Å². The van der Waals surface area contributed by atoms with E-state index in [0.717, 1.165) is 0 Å². The van der Waals surface area contributed by atoms with E-state index in [9.17, 15) is 9.59 Å². The number of halogens is 1. The number of carbonyl (C=O) groups excluding carboxylic acids is 2. The third-order valence-electron chi connectivity index (χ3n) is 4.10. The number of carbonyl (C=O) groups is 2. The first-order chi connectivity index (χ1) is 12.6. The maximum Gasteiger partial charge on any atom is 0.321 e. The molecule has 136 valence electrons. The molecule has 0 spiro atoms. The van der Waals surface area contributed by atoms with E-state index in [-0.39, 0.29) is 18.5 Å². The van der Waals surface area contributed by atoms with Gasteiger partial charge in [-0.05, 0) is 30.3 Å². The SMILES string of the molecule is O=C(COc1ccccc1)N1CCN(C(=O)Nc2cccc(Cl)c2)CC1. The zero-order valence-electron chi connectivity index (χ0n) is 14.2. The van der Waals surface area contributed by atoms with Crippen LogP contribution in [0, 0.1) is 0 Å². The maximum atomic E-state index is 12.3. The van der Waals surface area contributed by atoms with Gasteiger partial charge in [-0.1, -0.05) is 35.9 Å². The van der Waals surface area contributed by atoms with E-state index in [1.807, 2.05) is 30.3 Å². The van der Waals surface area contributed by atoms with Crippen molar-refractivity contribution in [2.24, 2.45) is 0 Å². The summed E-state index contributed by atoms with van der Waals surface area (Å²) in [6.07, 6.45) is 0. The van der Waals surface area contributed by atoms with Gasteiger partial charge in [0.05, 0.1) is 0 Å². The van der Waals surface area contributed by atoms with Crippen molar-refractivity contribution in [3.05, 3.63) is 59.6 Å². The number of amides is 3. The van der Waals surface area contributed by atoms with Crippen LogP contribution in [0.1, 0.15) is 0 Å². The van der Waals surface area contributed by atoms with Crippen LogP contribution in [-0.4, -0.2) is 54.5 Å². The highest BCUT2D eigenvalue weighted by atomic mass is 35.5. The van der Waals surface area contributed by atoms with Crippen LogP contribution in [0.5, 0.6) is 5.75 Å². The fourth-order valence-corrected chi connectivity index (χ4v) is 2.87. The Morgan fingerprint density at radius 1 is 0.962 bits per heavy atom. The summed E-state index contributed by atoms with van der Waals surface area (Å²) in [7, 11) is 0. The number of hydrogen-bond donors (Lipinski definition) is 1. The summed E-state index contributed by atoms with van der Waals surface area (Å²) in [4.78, 5) is 28.0. The van der Waals surface area contributed by atoms with Crippen molar-refractivity contribution >= 4 is 29.2 Å². The van der Waals surface area contributed by atoms with Crippen molar-refractivity contribution in [3.8, 4) is 5.75 Å². The number of hydrogen-bond acceptors (Lipinski definition) is 3. The topological polar surface area (TPSA) is 61.9 Å². The Morgan fingerprint density at radius 2 is 1.65 bits per heavy atom. The van der Waals surface area contributed by atoms with E-state index in [2.05, 4.69) is 5.32 Å². The van der Waals surface area contributed by atoms with Crippen molar-refractivity contribution in [2.45, 2.75) is 0 Å². The Balaban J connectivity index is 1.44. The molecular formula is C19H20ClN3O3. The lowest BCUT2D eigenvalue weighted by Crippen LogP contribution is -2.52. The molecule has 1 N–H and O–H groups in total. The Morgan fingerprint density at radius 3 is 2.35 bits per heavy atom. The second-order valence-corrected chi connectivity index (χ2v) is 6.35. The molecule has 0 aromatic heterocycles. The number of benzene rings is 2. The molecule has 7 heteroatoms. The van der Waals surface area contributed by atoms with Crippen LogP contribution in [0.3, 0.4) is 0 Å². The molecule has 0 saturated carbocycles. The number of para-hydroxylation sites is 1. The third-order valence-corrected chi connectivity index (χ3v) is 4.34. The molecule has 0 atom stereocenters. The minimum atomic E-state index is -0.195. The zero-order chi connectivity index (χ0) is 18.4. The molecule has 3 rings (SSSR count). The third kappa shape index (κ3) is 4.89. The molecule has 0 aliphatic carbocycles. The number of anilines is 1. The average Bonchev–Trinajstić information content (AvgIpc) is 2.67. The van der Waals surface area contributed by atoms with Crippen LogP contribution in [-0.2, 0) is 4.79 Å². The highest BCUT2D eigenvalue weighted by Gasteiger charge is 2.24. The molecule has 0 radical (unpaired) electrons. The van der Waals surface area contributed by atoms with E-state index < -0.39 is 0 Å². The smallest absolute Gasteiger partial charge is 0.321 e. The lowest BCUT2D eigenvalue weighted by molar-refractivity contribution is -0.134. The number of piperazine rings is 1. The Hall–Kier alpha value is -2.73. The van der Waals surface area contributed by atoms with Gasteiger partial charge in [-0.15, -0.1) is 0 Å². The zero-order valence-corrected chi connectivity index (χ0v) is 15.0. The molecule has 2 aromatic rings. The normalized spacial score (nSPS) is 14.0. The van der Waals surface area contributed by atoms with Gasteiger partial charge in [0.1, 0.15) is 5.75 Å². The summed E-state index contributed by atoms with van der Waals surface area (Å²) in [5.74, 6) is 0.587. The van der Waals surface area contributed by atoms with Crippen LogP contribution in [0.4, 0.5) is 10.5 Å². The lowest BCUT2D eigenvalue weighted by atomic mass is 10.3. The highest BCUT2D eigenvalue weighted by Crippen LogP contribution is 2.16.